The van der Waals surface area contributed by atoms with Crippen LogP contribution in [0.25, 0.3) is 0 Å². The number of rotatable bonds is 5. The second-order valence-electron chi connectivity index (χ2n) is 4.78. The molecule has 1 heterocycles. The van der Waals surface area contributed by atoms with Crippen LogP contribution < -0.4 is 5.32 Å². The number of thioether (sulfide) groups is 1. The van der Waals surface area contributed by atoms with Crippen LogP contribution in [0.4, 0.5) is 4.79 Å². The van der Waals surface area contributed by atoms with Gasteiger partial charge in [-0.25, -0.2) is 9.59 Å². The number of carbonyl (C=O) groups is 2. The van der Waals surface area contributed by atoms with E-state index >= 15 is 0 Å². The van der Waals surface area contributed by atoms with Gasteiger partial charge in [0.05, 0.1) is 12.2 Å². The van der Waals surface area contributed by atoms with E-state index in [2.05, 4.69) is 5.32 Å². The predicted octanol–water partition coefficient (Wildman–Crippen LogP) is 1.01. The Kier molecular flexibility index (Phi) is 6.44. The van der Waals surface area contributed by atoms with Gasteiger partial charge < -0.3 is 20.1 Å². The molecule has 2 unspecified atom stereocenters. The first kappa shape index (κ1) is 16.1. The van der Waals surface area contributed by atoms with E-state index in [4.69, 9.17) is 9.84 Å². The topological polar surface area (TPSA) is 78.9 Å². The summed E-state index contributed by atoms with van der Waals surface area (Å²) in [5, 5.41) is 11.7. The van der Waals surface area contributed by atoms with Gasteiger partial charge in [-0.15, -0.1) is 0 Å². The Hall–Kier alpha value is -0.950. The standard InChI is InChI=1S/C12H22N2O4S/c1-8-6-14(7-9(2)18-8)12(17)13-10(11(15)16)4-5-19-3/h8-10H,4-7H2,1-3H3,(H,13,17)(H,15,16)/t8?,9?,10-/m1/s1. The normalized spacial score (nSPS) is 24.9. The van der Waals surface area contributed by atoms with Gasteiger partial charge in [0.1, 0.15) is 6.04 Å². The van der Waals surface area contributed by atoms with Crippen molar-refractivity contribution in [1.29, 1.82) is 0 Å². The Balaban J connectivity index is 2.53. The fourth-order valence-corrected chi connectivity index (χ4v) is 2.55. The average molecular weight is 290 g/mol. The number of carboxylic acid groups (broad SMARTS) is 1. The van der Waals surface area contributed by atoms with Crippen molar-refractivity contribution in [2.24, 2.45) is 0 Å². The summed E-state index contributed by atoms with van der Waals surface area (Å²) >= 11 is 1.56. The van der Waals surface area contributed by atoms with Crippen LogP contribution in [-0.2, 0) is 9.53 Å². The summed E-state index contributed by atoms with van der Waals surface area (Å²) in [4.78, 5) is 24.8. The van der Waals surface area contributed by atoms with Crippen LogP contribution in [0, 0.1) is 0 Å². The molecule has 0 spiro atoms. The molecule has 0 saturated carbocycles. The Morgan fingerprint density at radius 3 is 2.47 bits per heavy atom. The van der Waals surface area contributed by atoms with Crippen LogP contribution in [0.5, 0.6) is 0 Å². The molecule has 3 atom stereocenters. The Morgan fingerprint density at radius 2 is 2.00 bits per heavy atom. The summed E-state index contributed by atoms with van der Waals surface area (Å²) in [5.74, 6) is -0.288. The third kappa shape index (κ3) is 5.28. The largest absolute Gasteiger partial charge is 0.480 e. The quantitative estimate of drug-likeness (QED) is 0.790. The van der Waals surface area contributed by atoms with Gasteiger partial charge in [-0.2, -0.15) is 11.8 Å². The van der Waals surface area contributed by atoms with Crippen LogP contribution in [0.3, 0.4) is 0 Å². The van der Waals surface area contributed by atoms with Crippen molar-refractivity contribution >= 4 is 23.8 Å². The summed E-state index contributed by atoms with van der Waals surface area (Å²) in [6.07, 6.45) is 2.29. The molecule has 1 saturated heterocycles. The van der Waals surface area contributed by atoms with Crippen molar-refractivity contribution < 1.29 is 19.4 Å². The van der Waals surface area contributed by atoms with E-state index in [1.807, 2.05) is 20.1 Å². The number of hydrogen-bond acceptors (Lipinski definition) is 4. The molecule has 19 heavy (non-hydrogen) atoms. The van der Waals surface area contributed by atoms with Gasteiger partial charge in [0.25, 0.3) is 0 Å². The molecule has 0 aromatic carbocycles. The molecule has 6 nitrogen and oxygen atoms in total. The molecule has 7 heteroatoms. The van der Waals surface area contributed by atoms with E-state index in [0.29, 0.717) is 25.3 Å². The third-order valence-corrected chi connectivity index (χ3v) is 3.56. The zero-order valence-electron chi connectivity index (χ0n) is 11.6. The molecule has 110 valence electrons. The molecular weight excluding hydrogens is 268 g/mol. The van der Waals surface area contributed by atoms with Crippen molar-refractivity contribution in [2.45, 2.75) is 38.5 Å². The first-order chi connectivity index (χ1) is 8.93. The van der Waals surface area contributed by atoms with Crippen LogP contribution in [-0.4, -0.2) is 65.4 Å². The number of nitrogens with one attached hydrogen (secondary N) is 1. The lowest BCUT2D eigenvalue weighted by molar-refractivity contribution is -0.139. The highest BCUT2D eigenvalue weighted by Gasteiger charge is 2.28. The van der Waals surface area contributed by atoms with Crippen molar-refractivity contribution in [3.63, 3.8) is 0 Å². The van der Waals surface area contributed by atoms with Crippen LogP contribution in [0.2, 0.25) is 0 Å². The molecule has 1 aliphatic heterocycles. The number of carboxylic acids is 1. The van der Waals surface area contributed by atoms with Gasteiger partial charge in [-0.1, -0.05) is 0 Å². The number of aliphatic carboxylic acids is 1. The lowest BCUT2D eigenvalue weighted by atomic mass is 10.2. The average Bonchev–Trinajstić information content (AvgIpc) is 2.32. The van der Waals surface area contributed by atoms with Crippen molar-refractivity contribution in [3.05, 3.63) is 0 Å². The Morgan fingerprint density at radius 1 is 1.42 bits per heavy atom. The molecular formula is C12H22N2O4S. The lowest BCUT2D eigenvalue weighted by Crippen LogP contribution is -2.54. The molecule has 2 N–H and O–H groups in total. The third-order valence-electron chi connectivity index (χ3n) is 2.91. The minimum Gasteiger partial charge on any atom is -0.480 e. The van der Waals surface area contributed by atoms with Crippen molar-refractivity contribution in [1.82, 2.24) is 10.2 Å². The van der Waals surface area contributed by atoms with E-state index in [1.54, 1.807) is 16.7 Å². The summed E-state index contributed by atoms with van der Waals surface area (Å²) in [5.41, 5.74) is 0. The molecule has 1 fully saturated rings. The minimum absolute atomic E-state index is 0.0241. The van der Waals surface area contributed by atoms with Gasteiger partial charge in [-0.05, 0) is 32.3 Å². The number of carbonyl (C=O) groups excluding carboxylic acids is 1. The summed E-state index contributed by atoms with van der Waals surface area (Å²) < 4.78 is 5.54. The van der Waals surface area contributed by atoms with Crippen molar-refractivity contribution in [2.75, 3.05) is 25.1 Å². The molecule has 1 rings (SSSR count). The fraction of sp³-hybridized carbons (Fsp3) is 0.833. The molecule has 2 amide bonds. The van der Waals surface area contributed by atoms with Crippen LogP contribution >= 0.6 is 11.8 Å². The zero-order chi connectivity index (χ0) is 14.4. The Labute approximate surface area is 117 Å². The van der Waals surface area contributed by atoms with E-state index in [0.717, 1.165) is 0 Å². The molecule has 0 aromatic heterocycles. The molecule has 1 aliphatic rings. The summed E-state index contributed by atoms with van der Waals surface area (Å²) in [7, 11) is 0. The molecule has 0 aromatic rings. The second kappa shape index (κ2) is 7.59. The van der Waals surface area contributed by atoms with Crippen LogP contribution in [0.1, 0.15) is 20.3 Å². The molecule has 0 aliphatic carbocycles. The number of hydrogen-bond donors (Lipinski definition) is 2. The number of urea groups is 1. The van der Waals surface area contributed by atoms with E-state index in [-0.39, 0.29) is 18.2 Å². The number of morpholine rings is 1. The maximum absolute atomic E-state index is 12.1. The van der Waals surface area contributed by atoms with Gasteiger partial charge in [-0.3, -0.25) is 0 Å². The van der Waals surface area contributed by atoms with Gasteiger partial charge >= 0.3 is 12.0 Å². The first-order valence-electron chi connectivity index (χ1n) is 6.36. The van der Waals surface area contributed by atoms with E-state index in [1.165, 1.54) is 0 Å². The fourth-order valence-electron chi connectivity index (χ4n) is 2.08. The maximum Gasteiger partial charge on any atom is 0.326 e. The highest BCUT2D eigenvalue weighted by atomic mass is 32.2. The van der Waals surface area contributed by atoms with Gasteiger partial charge in [0.2, 0.25) is 0 Å². The predicted molar refractivity (Wildman–Crippen MR) is 74.5 cm³/mol. The van der Waals surface area contributed by atoms with Gasteiger partial charge in [0.15, 0.2) is 0 Å². The minimum atomic E-state index is -0.989. The van der Waals surface area contributed by atoms with E-state index < -0.39 is 12.0 Å². The Bertz CT molecular complexity index is 317. The highest BCUT2D eigenvalue weighted by molar-refractivity contribution is 7.98. The van der Waals surface area contributed by atoms with Crippen molar-refractivity contribution in [3.8, 4) is 0 Å². The SMILES string of the molecule is CSCC[C@@H](NC(=O)N1CC(C)OC(C)C1)C(=O)O. The van der Waals surface area contributed by atoms with E-state index in [9.17, 15) is 9.59 Å². The number of amides is 2. The van der Waals surface area contributed by atoms with Gasteiger partial charge in [0, 0.05) is 13.1 Å². The van der Waals surface area contributed by atoms with Crippen LogP contribution in [0.15, 0.2) is 0 Å². The summed E-state index contributed by atoms with van der Waals surface area (Å²) in [6.45, 7) is 4.78. The first-order valence-corrected chi connectivity index (χ1v) is 7.76. The molecule has 0 bridgehead atoms. The second-order valence-corrected chi connectivity index (χ2v) is 5.77. The number of ether oxygens (including phenoxy) is 1. The maximum atomic E-state index is 12.1. The zero-order valence-corrected chi connectivity index (χ0v) is 12.4. The highest BCUT2D eigenvalue weighted by Crippen LogP contribution is 2.11. The molecule has 0 radical (unpaired) electrons. The number of nitrogens with zero attached hydrogens (tertiary/aromatic N) is 1. The smallest absolute Gasteiger partial charge is 0.326 e. The monoisotopic (exact) mass is 290 g/mol. The lowest BCUT2D eigenvalue weighted by Gasteiger charge is -2.35. The summed E-state index contributed by atoms with van der Waals surface area (Å²) in [6, 6.07) is -1.15.